The van der Waals surface area contributed by atoms with E-state index in [0.29, 0.717) is 24.7 Å². The summed E-state index contributed by atoms with van der Waals surface area (Å²) in [5.74, 6) is 0.173. The van der Waals surface area contributed by atoms with Crippen molar-refractivity contribution < 1.29 is 14.3 Å². The largest absolute Gasteiger partial charge is 0.462 e. The fourth-order valence-corrected chi connectivity index (χ4v) is 1.90. The number of esters is 1. The van der Waals surface area contributed by atoms with Gasteiger partial charge in [0.1, 0.15) is 0 Å². The second-order valence-corrected chi connectivity index (χ2v) is 3.73. The summed E-state index contributed by atoms with van der Waals surface area (Å²) in [5, 5.41) is 0. The maximum Gasteiger partial charge on any atom is 0.330 e. The third-order valence-corrected chi connectivity index (χ3v) is 2.74. The molecular formula is C10H14O3. The Balaban J connectivity index is 1.69. The van der Waals surface area contributed by atoms with Gasteiger partial charge in [-0.05, 0) is 25.2 Å². The fraction of sp³-hybridized carbons (Fsp3) is 0.700. The van der Waals surface area contributed by atoms with Crippen LogP contribution in [-0.2, 0) is 14.3 Å². The zero-order chi connectivity index (χ0) is 9.26. The number of carbonyl (C=O) groups excluding carboxylic acids is 1. The highest BCUT2D eigenvalue weighted by atomic mass is 16.6. The maximum absolute atomic E-state index is 10.8. The fourth-order valence-electron chi connectivity index (χ4n) is 1.90. The predicted octanol–water partition coefficient (Wildman–Crippen LogP) is 1.28. The van der Waals surface area contributed by atoms with Crippen LogP contribution in [0.25, 0.3) is 0 Å². The number of epoxide rings is 1. The summed E-state index contributed by atoms with van der Waals surface area (Å²) in [6, 6.07) is 0. The highest BCUT2D eigenvalue weighted by Gasteiger charge is 2.43. The van der Waals surface area contributed by atoms with Crippen molar-refractivity contribution in [2.45, 2.75) is 31.5 Å². The number of hydrogen-bond donors (Lipinski definition) is 0. The van der Waals surface area contributed by atoms with E-state index in [1.165, 1.54) is 6.08 Å². The molecule has 2 fully saturated rings. The highest BCUT2D eigenvalue weighted by molar-refractivity contribution is 5.81. The number of ether oxygens (including phenoxy) is 2. The van der Waals surface area contributed by atoms with Crippen molar-refractivity contribution >= 4 is 5.97 Å². The third kappa shape index (κ3) is 2.10. The lowest BCUT2D eigenvalue weighted by Gasteiger charge is -2.17. The summed E-state index contributed by atoms with van der Waals surface area (Å²) in [6.07, 6.45) is 5.48. The van der Waals surface area contributed by atoms with Crippen LogP contribution in [0.3, 0.4) is 0 Å². The Morgan fingerprint density at radius 2 is 2.38 bits per heavy atom. The first-order chi connectivity index (χ1) is 6.29. The minimum Gasteiger partial charge on any atom is -0.462 e. The molecule has 0 aromatic heterocycles. The molecule has 72 valence electrons. The van der Waals surface area contributed by atoms with Gasteiger partial charge in [0.15, 0.2) is 0 Å². The average molecular weight is 182 g/mol. The maximum atomic E-state index is 10.8. The van der Waals surface area contributed by atoms with E-state index in [2.05, 4.69) is 6.58 Å². The van der Waals surface area contributed by atoms with E-state index < -0.39 is 0 Å². The van der Waals surface area contributed by atoms with Crippen molar-refractivity contribution in [2.24, 2.45) is 5.92 Å². The molecule has 1 aliphatic carbocycles. The third-order valence-electron chi connectivity index (χ3n) is 2.74. The summed E-state index contributed by atoms with van der Waals surface area (Å²) >= 11 is 0. The molecule has 0 unspecified atom stereocenters. The van der Waals surface area contributed by atoms with E-state index >= 15 is 0 Å². The van der Waals surface area contributed by atoms with Gasteiger partial charge in [-0.15, -0.1) is 0 Å². The lowest BCUT2D eigenvalue weighted by molar-refractivity contribution is -0.139. The number of rotatable bonds is 3. The predicted molar refractivity (Wildman–Crippen MR) is 47.2 cm³/mol. The number of hydrogen-bond acceptors (Lipinski definition) is 3. The molecule has 0 N–H and O–H groups in total. The van der Waals surface area contributed by atoms with Gasteiger partial charge >= 0.3 is 5.97 Å². The van der Waals surface area contributed by atoms with Crippen LogP contribution in [0.15, 0.2) is 12.7 Å². The van der Waals surface area contributed by atoms with E-state index in [1.807, 2.05) is 0 Å². The van der Waals surface area contributed by atoms with Crippen LogP contribution >= 0.6 is 0 Å². The lowest BCUT2D eigenvalue weighted by atomic mass is 9.90. The van der Waals surface area contributed by atoms with Crippen LogP contribution in [0.2, 0.25) is 0 Å². The van der Waals surface area contributed by atoms with Crippen molar-refractivity contribution in [3.8, 4) is 0 Å². The summed E-state index contributed by atoms with van der Waals surface area (Å²) in [5.41, 5.74) is 0. The Kier molecular flexibility index (Phi) is 2.36. The van der Waals surface area contributed by atoms with Gasteiger partial charge in [0.25, 0.3) is 0 Å². The summed E-state index contributed by atoms with van der Waals surface area (Å²) in [4.78, 5) is 10.8. The van der Waals surface area contributed by atoms with Crippen LogP contribution in [-0.4, -0.2) is 24.8 Å². The zero-order valence-corrected chi connectivity index (χ0v) is 7.57. The Bertz CT molecular complexity index is 224. The first kappa shape index (κ1) is 8.75. The molecule has 3 heteroatoms. The summed E-state index contributed by atoms with van der Waals surface area (Å²) in [6.45, 7) is 3.87. The summed E-state index contributed by atoms with van der Waals surface area (Å²) < 4.78 is 10.4. The molecule has 0 aromatic rings. The molecule has 2 rings (SSSR count). The Morgan fingerprint density at radius 3 is 3.08 bits per heavy atom. The van der Waals surface area contributed by atoms with Gasteiger partial charge in [0, 0.05) is 6.08 Å². The molecule has 2 aliphatic rings. The molecule has 1 aliphatic heterocycles. The van der Waals surface area contributed by atoms with Gasteiger partial charge in [0.2, 0.25) is 0 Å². The van der Waals surface area contributed by atoms with E-state index in [4.69, 9.17) is 9.47 Å². The quantitative estimate of drug-likeness (QED) is 0.375. The molecule has 0 aromatic carbocycles. The van der Waals surface area contributed by atoms with E-state index in [-0.39, 0.29) is 5.97 Å². The zero-order valence-electron chi connectivity index (χ0n) is 7.57. The molecule has 0 amide bonds. The summed E-state index contributed by atoms with van der Waals surface area (Å²) in [7, 11) is 0. The van der Waals surface area contributed by atoms with Crippen LogP contribution < -0.4 is 0 Å². The molecule has 1 saturated heterocycles. The van der Waals surface area contributed by atoms with Gasteiger partial charge in [-0.25, -0.2) is 4.79 Å². The Labute approximate surface area is 77.7 Å². The van der Waals surface area contributed by atoms with E-state index in [1.54, 1.807) is 0 Å². The second kappa shape index (κ2) is 3.50. The van der Waals surface area contributed by atoms with Crippen LogP contribution in [0.5, 0.6) is 0 Å². The van der Waals surface area contributed by atoms with Gasteiger partial charge in [-0.2, -0.15) is 0 Å². The van der Waals surface area contributed by atoms with Crippen LogP contribution in [0.1, 0.15) is 19.3 Å². The van der Waals surface area contributed by atoms with Crippen LogP contribution in [0.4, 0.5) is 0 Å². The minimum atomic E-state index is -0.321. The normalized spacial score (nSPS) is 36.2. The smallest absolute Gasteiger partial charge is 0.330 e. The number of carbonyl (C=O) groups is 1. The minimum absolute atomic E-state index is 0.321. The molecule has 0 bridgehead atoms. The number of fused-ring (bicyclic) bond motifs is 1. The first-order valence-corrected chi connectivity index (χ1v) is 4.74. The second-order valence-electron chi connectivity index (χ2n) is 3.73. The van der Waals surface area contributed by atoms with E-state index in [9.17, 15) is 4.79 Å². The van der Waals surface area contributed by atoms with Gasteiger partial charge < -0.3 is 9.47 Å². The van der Waals surface area contributed by atoms with Crippen molar-refractivity contribution in [3.63, 3.8) is 0 Å². The monoisotopic (exact) mass is 182 g/mol. The van der Waals surface area contributed by atoms with Gasteiger partial charge in [-0.1, -0.05) is 6.58 Å². The molecule has 3 atom stereocenters. The topological polar surface area (TPSA) is 38.8 Å². The Morgan fingerprint density at radius 1 is 1.54 bits per heavy atom. The first-order valence-electron chi connectivity index (χ1n) is 4.74. The van der Waals surface area contributed by atoms with Crippen molar-refractivity contribution in [1.82, 2.24) is 0 Å². The molecule has 0 spiro atoms. The van der Waals surface area contributed by atoms with Gasteiger partial charge in [-0.3, -0.25) is 0 Å². The highest BCUT2D eigenvalue weighted by Crippen LogP contribution is 2.39. The molecule has 1 saturated carbocycles. The van der Waals surface area contributed by atoms with E-state index in [0.717, 1.165) is 19.3 Å². The Hall–Kier alpha value is -0.830. The average Bonchev–Trinajstić information content (AvgIpc) is 2.91. The molecule has 3 nitrogen and oxygen atoms in total. The van der Waals surface area contributed by atoms with Gasteiger partial charge in [0.05, 0.1) is 18.8 Å². The molecule has 13 heavy (non-hydrogen) atoms. The van der Waals surface area contributed by atoms with Crippen molar-refractivity contribution in [2.75, 3.05) is 6.61 Å². The van der Waals surface area contributed by atoms with Crippen molar-refractivity contribution in [1.29, 1.82) is 0 Å². The van der Waals surface area contributed by atoms with Crippen LogP contribution in [0, 0.1) is 5.92 Å². The molecular weight excluding hydrogens is 168 g/mol. The molecule has 1 heterocycles. The standard InChI is InChI=1S/C10H14O3/c1-2-10(11)12-6-7-3-4-8-9(5-7)13-8/h2,7-9H,1,3-6H2/t7-,8+,9-/m1/s1. The molecule has 0 radical (unpaired) electrons. The SMILES string of the molecule is C=CC(=O)OC[C@@H]1CC[C@@H]2O[C@@H]2C1. The lowest BCUT2D eigenvalue weighted by Crippen LogP contribution is -2.19. The van der Waals surface area contributed by atoms with Crippen molar-refractivity contribution in [3.05, 3.63) is 12.7 Å².